The maximum atomic E-state index is 13.6. The molecule has 3 heterocycles. The zero-order valence-electron chi connectivity index (χ0n) is 17.0. The normalized spacial score (nSPS) is 28.2. The topological polar surface area (TPSA) is 57.7 Å². The number of amides is 2. The number of ketones is 1. The summed E-state index contributed by atoms with van der Waals surface area (Å²) in [7, 11) is 0. The largest absolute Gasteiger partial charge is 0.292 e. The lowest BCUT2D eigenvalue weighted by Gasteiger charge is -2.28. The van der Waals surface area contributed by atoms with Crippen LogP contribution >= 0.6 is 11.6 Å². The molecular formula is C24H23ClN2O3. The molecule has 2 aromatic rings. The number of hydrogen-bond donors (Lipinski definition) is 0. The molecule has 3 aliphatic heterocycles. The highest BCUT2D eigenvalue weighted by Gasteiger charge is 2.64. The lowest BCUT2D eigenvalue weighted by molar-refractivity contribution is -0.123. The minimum absolute atomic E-state index is 0.0524. The molecule has 0 unspecified atom stereocenters. The van der Waals surface area contributed by atoms with Gasteiger partial charge < -0.3 is 0 Å². The van der Waals surface area contributed by atoms with Crippen molar-refractivity contribution >= 4 is 34.9 Å². The Morgan fingerprint density at radius 3 is 2.40 bits per heavy atom. The van der Waals surface area contributed by atoms with Gasteiger partial charge in [-0.2, -0.15) is 0 Å². The first-order valence-corrected chi connectivity index (χ1v) is 10.8. The number of hydrogen-bond acceptors (Lipinski definition) is 4. The standard InChI is InChI=1S/C24H23ClN2O3/c1-13-5-10-17(14(2)12-13)27-23(29)19-18-4-3-11-26(18)21(20(19)24(27)30)22(28)15-6-8-16(25)9-7-15/h5-10,12,18-21H,3-4,11H2,1-2H3/t18-,19+,20+,21-/m1/s1. The van der Waals surface area contributed by atoms with Crippen molar-refractivity contribution in [2.24, 2.45) is 11.8 Å². The molecule has 0 spiro atoms. The second kappa shape index (κ2) is 7.03. The van der Waals surface area contributed by atoms with E-state index in [2.05, 4.69) is 4.90 Å². The smallest absolute Gasteiger partial charge is 0.239 e. The summed E-state index contributed by atoms with van der Waals surface area (Å²) in [6.07, 6.45) is 1.77. The van der Waals surface area contributed by atoms with Gasteiger partial charge in [0.25, 0.3) is 0 Å². The van der Waals surface area contributed by atoms with Crippen LogP contribution in [0.3, 0.4) is 0 Å². The summed E-state index contributed by atoms with van der Waals surface area (Å²) < 4.78 is 0. The molecule has 3 fully saturated rings. The van der Waals surface area contributed by atoms with E-state index in [1.165, 1.54) is 4.90 Å². The molecule has 3 aliphatic rings. The van der Waals surface area contributed by atoms with E-state index in [1.807, 2.05) is 32.0 Å². The summed E-state index contributed by atoms with van der Waals surface area (Å²) in [4.78, 5) is 44.0. The number of nitrogens with zero attached hydrogens (tertiary/aromatic N) is 2. The maximum absolute atomic E-state index is 13.6. The van der Waals surface area contributed by atoms with E-state index in [9.17, 15) is 14.4 Å². The summed E-state index contributed by atoms with van der Waals surface area (Å²) in [5.74, 6) is -1.61. The number of fused-ring (bicyclic) bond motifs is 3. The number of carbonyl (C=O) groups is 3. The van der Waals surface area contributed by atoms with Crippen molar-refractivity contribution in [3.8, 4) is 0 Å². The predicted molar refractivity (Wildman–Crippen MR) is 115 cm³/mol. The molecule has 2 amide bonds. The number of Topliss-reactive ketones (excluding diaryl/α,β-unsaturated/α-hetero) is 1. The van der Waals surface area contributed by atoms with Crippen LogP contribution in [-0.4, -0.2) is 41.1 Å². The molecular weight excluding hydrogens is 400 g/mol. The van der Waals surface area contributed by atoms with Gasteiger partial charge in [0.15, 0.2) is 5.78 Å². The van der Waals surface area contributed by atoms with Gasteiger partial charge in [-0.05, 0) is 69.1 Å². The predicted octanol–water partition coefficient (Wildman–Crippen LogP) is 3.79. The maximum Gasteiger partial charge on any atom is 0.239 e. The Morgan fingerprint density at radius 2 is 1.70 bits per heavy atom. The van der Waals surface area contributed by atoms with Crippen molar-refractivity contribution < 1.29 is 14.4 Å². The molecule has 0 radical (unpaired) electrons. The van der Waals surface area contributed by atoms with Crippen molar-refractivity contribution in [3.63, 3.8) is 0 Å². The highest BCUT2D eigenvalue weighted by molar-refractivity contribution is 6.30. The van der Waals surface area contributed by atoms with E-state index in [4.69, 9.17) is 11.6 Å². The van der Waals surface area contributed by atoms with Crippen LogP contribution in [0.1, 0.15) is 34.3 Å². The molecule has 0 bridgehead atoms. The van der Waals surface area contributed by atoms with E-state index < -0.39 is 17.9 Å². The van der Waals surface area contributed by atoms with Gasteiger partial charge in [-0.15, -0.1) is 0 Å². The Balaban J connectivity index is 1.56. The first kappa shape index (κ1) is 19.5. The molecule has 0 aliphatic carbocycles. The van der Waals surface area contributed by atoms with E-state index in [1.54, 1.807) is 24.3 Å². The fourth-order valence-electron chi connectivity index (χ4n) is 5.59. The second-order valence-electron chi connectivity index (χ2n) is 8.62. The van der Waals surface area contributed by atoms with Crippen molar-refractivity contribution in [2.45, 2.75) is 38.8 Å². The minimum Gasteiger partial charge on any atom is -0.292 e. The SMILES string of the molecule is Cc1ccc(N2C(=O)[C@@H]3[C@H](C2=O)[C@H](C(=O)c2ccc(Cl)cc2)N2CCC[C@H]32)c(C)c1. The monoisotopic (exact) mass is 422 g/mol. The average Bonchev–Trinajstić information content (AvgIpc) is 3.35. The Kier molecular flexibility index (Phi) is 4.56. The fraction of sp³-hybridized carbons (Fsp3) is 0.375. The summed E-state index contributed by atoms with van der Waals surface area (Å²) >= 11 is 5.98. The number of halogens is 1. The van der Waals surface area contributed by atoms with Crippen LogP contribution < -0.4 is 4.90 Å². The van der Waals surface area contributed by atoms with Gasteiger partial charge >= 0.3 is 0 Å². The molecule has 0 aromatic heterocycles. The molecule has 5 nitrogen and oxygen atoms in total. The van der Waals surface area contributed by atoms with Gasteiger partial charge in [0, 0.05) is 16.6 Å². The number of anilines is 1. The number of rotatable bonds is 3. The first-order chi connectivity index (χ1) is 14.4. The van der Waals surface area contributed by atoms with Crippen molar-refractivity contribution in [2.75, 3.05) is 11.4 Å². The van der Waals surface area contributed by atoms with Crippen molar-refractivity contribution in [1.82, 2.24) is 4.90 Å². The van der Waals surface area contributed by atoms with Crippen LogP contribution in [0.5, 0.6) is 0 Å². The number of benzene rings is 2. The van der Waals surface area contributed by atoms with Crippen LogP contribution in [0.15, 0.2) is 42.5 Å². The minimum atomic E-state index is -0.633. The van der Waals surface area contributed by atoms with E-state index in [-0.39, 0.29) is 23.6 Å². The Labute approximate surface area is 180 Å². The van der Waals surface area contributed by atoms with E-state index in [0.717, 1.165) is 30.5 Å². The van der Waals surface area contributed by atoms with E-state index >= 15 is 0 Å². The van der Waals surface area contributed by atoms with Crippen LogP contribution in [0.25, 0.3) is 0 Å². The molecule has 4 atom stereocenters. The zero-order chi connectivity index (χ0) is 21.2. The van der Waals surface area contributed by atoms with Crippen LogP contribution in [0, 0.1) is 25.7 Å². The molecule has 6 heteroatoms. The van der Waals surface area contributed by atoms with Gasteiger partial charge in [-0.25, -0.2) is 4.90 Å². The molecule has 0 saturated carbocycles. The Bertz CT molecular complexity index is 1060. The summed E-state index contributed by atoms with van der Waals surface area (Å²) in [5, 5.41) is 0.558. The lowest BCUT2D eigenvalue weighted by Crippen LogP contribution is -2.46. The summed E-state index contributed by atoms with van der Waals surface area (Å²) in [5.41, 5.74) is 3.13. The van der Waals surface area contributed by atoms with Crippen LogP contribution in [-0.2, 0) is 9.59 Å². The first-order valence-electron chi connectivity index (χ1n) is 10.4. The molecule has 3 saturated heterocycles. The zero-order valence-corrected chi connectivity index (χ0v) is 17.7. The van der Waals surface area contributed by atoms with Crippen LogP contribution in [0.2, 0.25) is 5.02 Å². The summed E-state index contributed by atoms with van der Waals surface area (Å²) in [6.45, 7) is 4.64. The molecule has 154 valence electrons. The lowest BCUT2D eigenvalue weighted by atomic mass is 9.85. The molecule has 2 aromatic carbocycles. The summed E-state index contributed by atoms with van der Waals surface area (Å²) in [6, 6.07) is 11.8. The average molecular weight is 423 g/mol. The molecule has 0 N–H and O–H groups in total. The number of imide groups is 1. The van der Waals surface area contributed by atoms with Crippen molar-refractivity contribution in [1.29, 1.82) is 0 Å². The fourth-order valence-corrected chi connectivity index (χ4v) is 5.72. The number of carbonyl (C=O) groups excluding carboxylic acids is 3. The van der Waals surface area contributed by atoms with Gasteiger partial charge in [-0.1, -0.05) is 29.3 Å². The number of aryl methyl sites for hydroxylation is 2. The third kappa shape index (κ3) is 2.76. The Hall–Kier alpha value is -2.50. The van der Waals surface area contributed by atoms with Crippen molar-refractivity contribution in [3.05, 3.63) is 64.2 Å². The third-order valence-corrected chi connectivity index (χ3v) is 7.09. The molecule has 30 heavy (non-hydrogen) atoms. The highest BCUT2D eigenvalue weighted by atomic mass is 35.5. The van der Waals surface area contributed by atoms with Gasteiger partial charge in [0.2, 0.25) is 11.8 Å². The Morgan fingerprint density at radius 1 is 1.00 bits per heavy atom. The molecule has 5 rings (SSSR count). The van der Waals surface area contributed by atoms with Gasteiger partial charge in [0.1, 0.15) is 0 Å². The quantitative estimate of drug-likeness (QED) is 0.557. The second-order valence-corrected chi connectivity index (χ2v) is 9.05. The van der Waals surface area contributed by atoms with Gasteiger partial charge in [0.05, 0.1) is 23.6 Å². The van der Waals surface area contributed by atoms with E-state index in [0.29, 0.717) is 16.3 Å². The van der Waals surface area contributed by atoms with Gasteiger partial charge in [-0.3, -0.25) is 19.3 Å². The third-order valence-electron chi connectivity index (χ3n) is 6.84. The van der Waals surface area contributed by atoms with Crippen LogP contribution in [0.4, 0.5) is 5.69 Å². The highest BCUT2D eigenvalue weighted by Crippen LogP contribution is 2.48.